The number of rotatable bonds is 4. The number of benzene rings is 2. The average molecular weight is 439 g/mol. The van der Waals surface area contributed by atoms with Crippen molar-refractivity contribution in [2.24, 2.45) is 0 Å². The van der Waals surface area contributed by atoms with E-state index in [1.807, 2.05) is 0 Å². The van der Waals surface area contributed by atoms with Gasteiger partial charge in [-0.15, -0.1) is 13.2 Å². The van der Waals surface area contributed by atoms with Gasteiger partial charge in [0, 0.05) is 12.2 Å². The summed E-state index contributed by atoms with van der Waals surface area (Å²) in [4.78, 5) is 14.3. The molecule has 0 bridgehead atoms. The second-order valence-corrected chi connectivity index (χ2v) is 7.80. The summed E-state index contributed by atoms with van der Waals surface area (Å²) in [7, 11) is 0. The van der Waals surface area contributed by atoms with Gasteiger partial charge < -0.3 is 18.9 Å². The highest BCUT2D eigenvalue weighted by molar-refractivity contribution is 5.94. The summed E-state index contributed by atoms with van der Waals surface area (Å²) in [6.07, 6.45) is -6.12. The molecule has 1 unspecified atom stereocenters. The normalized spacial score (nSPS) is 16.4. The number of fused-ring (bicyclic) bond motifs is 1. The molecular formula is C22H24F3NO5. The van der Waals surface area contributed by atoms with Crippen molar-refractivity contribution in [1.29, 1.82) is 0 Å². The lowest BCUT2D eigenvalue weighted by molar-refractivity contribution is -0.274. The molecule has 1 aliphatic heterocycles. The molecule has 2 aromatic rings. The van der Waals surface area contributed by atoms with Crippen molar-refractivity contribution in [2.45, 2.75) is 45.9 Å². The maximum absolute atomic E-state index is 12.9. The van der Waals surface area contributed by atoms with E-state index in [0.29, 0.717) is 29.2 Å². The fourth-order valence-electron chi connectivity index (χ4n) is 3.18. The number of nitrogens with zero attached hydrogens (tertiary/aromatic N) is 1. The Hall–Kier alpha value is -2.94. The number of hydrogen-bond acceptors (Lipinski definition) is 5. The minimum atomic E-state index is -4.80. The fourth-order valence-corrected chi connectivity index (χ4v) is 3.18. The average Bonchev–Trinajstić information content (AvgIpc) is 2.65. The van der Waals surface area contributed by atoms with Crippen molar-refractivity contribution in [1.82, 2.24) is 0 Å². The summed E-state index contributed by atoms with van der Waals surface area (Å²) in [5, 5.41) is 0. The first-order valence-corrected chi connectivity index (χ1v) is 9.74. The minimum absolute atomic E-state index is 0.0375. The van der Waals surface area contributed by atoms with E-state index < -0.39 is 24.3 Å². The monoisotopic (exact) mass is 439 g/mol. The third-order valence-electron chi connectivity index (χ3n) is 4.24. The third-order valence-corrected chi connectivity index (χ3v) is 4.24. The molecule has 9 heteroatoms. The van der Waals surface area contributed by atoms with Crippen LogP contribution in [0.25, 0.3) is 11.1 Å². The Labute approximate surface area is 178 Å². The number of halogens is 3. The Kier molecular flexibility index (Phi) is 6.35. The first-order valence-electron chi connectivity index (χ1n) is 9.74. The zero-order valence-corrected chi connectivity index (χ0v) is 17.7. The van der Waals surface area contributed by atoms with Crippen LogP contribution in [0.2, 0.25) is 0 Å². The molecule has 0 saturated carbocycles. The number of alkyl halides is 3. The molecule has 3 rings (SSSR count). The highest BCUT2D eigenvalue weighted by Gasteiger charge is 2.37. The number of ether oxygens (including phenoxy) is 4. The van der Waals surface area contributed by atoms with Crippen molar-refractivity contribution in [3.05, 3.63) is 42.5 Å². The van der Waals surface area contributed by atoms with Gasteiger partial charge in [-0.2, -0.15) is 0 Å². The van der Waals surface area contributed by atoms with E-state index in [-0.39, 0.29) is 12.4 Å². The summed E-state index contributed by atoms with van der Waals surface area (Å²) in [5.74, 6) is -0.0110. The van der Waals surface area contributed by atoms with Gasteiger partial charge in [-0.05, 0) is 51.5 Å². The Morgan fingerprint density at radius 1 is 1.16 bits per heavy atom. The van der Waals surface area contributed by atoms with Gasteiger partial charge in [0.25, 0.3) is 0 Å². The second kappa shape index (κ2) is 8.66. The van der Waals surface area contributed by atoms with Crippen molar-refractivity contribution in [3.63, 3.8) is 0 Å². The van der Waals surface area contributed by atoms with Crippen LogP contribution >= 0.6 is 0 Å². The topological polar surface area (TPSA) is 57.2 Å². The molecule has 0 radical (unpaired) electrons. The summed E-state index contributed by atoms with van der Waals surface area (Å²) in [6, 6.07) is 10.6. The molecule has 1 amide bonds. The van der Waals surface area contributed by atoms with E-state index in [4.69, 9.17) is 14.2 Å². The molecule has 2 aromatic carbocycles. The molecule has 1 atom stereocenters. The second-order valence-electron chi connectivity index (χ2n) is 7.80. The van der Waals surface area contributed by atoms with Crippen LogP contribution < -0.4 is 14.4 Å². The molecular weight excluding hydrogens is 415 g/mol. The lowest BCUT2D eigenvalue weighted by Gasteiger charge is -2.37. The highest BCUT2D eigenvalue weighted by Crippen LogP contribution is 2.43. The highest BCUT2D eigenvalue weighted by atomic mass is 19.4. The van der Waals surface area contributed by atoms with Gasteiger partial charge in [0.15, 0.2) is 12.0 Å². The van der Waals surface area contributed by atoms with Crippen molar-refractivity contribution in [2.75, 3.05) is 18.1 Å². The Morgan fingerprint density at radius 3 is 2.52 bits per heavy atom. The summed E-state index contributed by atoms with van der Waals surface area (Å²) >= 11 is 0. The molecule has 31 heavy (non-hydrogen) atoms. The molecule has 0 saturated heterocycles. The molecule has 6 nitrogen and oxygen atoms in total. The zero-order chi connectivity index (χ0) is 22.8. The number of anilines is 1. The number of hydrogen-bond donors (Lipinski definition) is 0. The lowest BCUT2D eigenvalue weighted by atomic mass is 10.0. The van der Waals surface area contributed by atoms with E-state index in [1.165, 1.54) is 23.1 Å². The van der Waals surface area contributed by atoms with Crippen LogP contribution in [0.15, 0.2) is 42.5 Å². The van der Waals surface area contributed by atoms with Crippen LogP contribution in [-0.4, -0.2) is 37.5 Å². The van der Waals surface area contributed by atoms with E-state index in [9.17, 15) is 18.0 Å². The summed E-state index contributed by atoms with van der Waals surface area (Å²) < 4.78 is 59.0. The van der Waals surface area contributed by atoms with Crippen molar-refractivity contribution < 1.29 is 36.9 Å². The third kappa shape index (κ3) is 5.61. The molecule has 168 valence electrons. The van der Waals surface area contributed by atoms with Gasteiger partial charge in [-0.1, -0.05) is 24.3 Å². The van der Waals surface area contributed by atoms with E-state index in [2.05, 4.69) is 4.74 Å². The van der Waals surface area contributed by atoms with Gasteiger partial charge in [-0.25, -0.2) is 9.69 Å². The molecule has 1 aliphatic rings. The molecule has 0 fully saturated rings. The zero-order valence-electron chi connectivity index (χ0n) is 17.7. The van der Waals surface area contributed by atoms with E-state index >= 15 is 0 Å². The predicted octanol–water partition coefficient (Wildman–Crippen LogP) is 5.75. The van der Waals surface area contributed by atoms with Crippen LogP contribution in [0, 0.1) is 0 Å². The SMILES string of the molecule is CCOC1COc2c(-c3cccc(OC(F)(F)F)c3)cccc2N1C(=O)OC(C)(C)C. The summed E-state index contributed by atoms with van der Waals surface area (Å²) in [6.45, 7) is 7.44. The molecule has 0 N–H and O–H groups in total. The number of para-hydroxylation sites is 1. The summed E-state index contributed by atoms with van der Waals surface area (Å²) in [5.41, 5.74) is 0.623. The smallest absolute Gasteiger partial charge is 0.486 e. The molecule has 0 aliphatic carbocycles. The Balaban J connectivity index is 2.03. The molecule has 1 heterocycles. The quantitative estimate of drug-likeness (QED) is 0.607. The molecule has 0 spiro atoms. The van der Waals surface area contributed by atoms with Crippen LogP contribution in [-0.2, 0) is 9.47 Å². The standard InChI is InChI=1S/C22H24F3NO5/c1-5-28-18-13-29-19-16(14-8-6-9-15(12-14)30-22(23,24)25)10-7-11-17(19)26(18)20(27)31-21(2,3)4/h6-12,18H,5,13H2,1-4H3. The van der Waals surface area contributed by atoms with Gasteiger partial charge in [0.1, 0.15) is 18.0 Å². The fraction of sp³-hybridized carbons (Fsp3) is 0.409. The first-order chi connectivity index (χ1) is 14.5. The first kappa shape index (κ1) is 22.7. The van der Waals surface area contributed by atoms with Gasteiger partial charge in [-0.3, -0.25) is 0 Å². The van der Waals surface area contributed by atoms with Crippen LogP contribution in [0.1, 0.15) is 27.7 Å². The van der Waals surface area contributed by atoms with Crippen molar-refractivity contribution >= 4 is 11.8 Å². The van der Waals surface area contributed by atoms with Crippen LogP contribution in [0.5, 0.6) is 11.5 Å². The van der Waals surface area contributed by atoms with Gasteiger partial charge >= 0.3 is 12.5 Å². The Morgan fingerprint density at radius 2 is 1.87 bits per heavy atom. The van der Waals surface area contributed by atoms with Crippen LogP contribution in [0.3, 0.4) is 0 Å². The van der Waals surface area contributed by atoms with Gasteiger partial charge in [0.2, 0.25) is 0 Å². The van der Waals surface area contributed by atoms with E-state index in [1.54, 1.807) is 52.0 Å². The number of carbonyl (C=O) groups excluding carboxylic acids is 1. The maximum atomic E-state index is 12.9. The predicted molar refractivity (Wildman–Crippen MR) is 108 cm³/mol. The van der Waals surface area contributed by atoms with Crippen LogP contribution in [0.4, 0.5) is 23.7 Å². The number of carbonyl (C=O) groups is 1. The van der Waals surface area contributed by atoms with E-state index in [0.717, 1.165) is 0 Å². The largest absolute Gasteiger partial charge is 0.573 e. The lowest BCUT2D eigenvalue weighted by Crippen LogP contribution is -2.50. The minimum Gasteiger partial charge on any atom is -0.486 e. The number of amides is 1. The molecule has 0 aromatic heterocycles. The maximum Gasteiger partial charge on any atom is 0.573 e. The van der Waals surface area contributed by atoms with Gasteiger partial charge in [0.05, 0.1) is 5.69 Å². The Bertz CT molecular complexity index is 939. The van der Waals surface area contributed by atoms with Crippen molar-refractivity contribution in [3.8, 4) is 22.6 Å².